The molecule has 32 heavy (non-hydrogen) atoms. The number of nitriles is 1. The van der Waals surface area contributed by atoms with Crippen LogP contribution in [0.2, 0.25) is 0 Å². The van der Waals surface area contributed by atoms with Crippen molar-refractivity contribution in [1.82, 2.24) is 0 Å². The number of esters is 1. The normalized spacial score (nSPS) is 10.7. The summed E-state index contributed by atoms with van der Waals surface area (Å²) < 4.78 is 5.30. The van der Waals surface area contributed by atoms with Gasteiger partial charge in [-0.1, -0.05) is 30.3 Å². The van der Waals surface area contributed by atoms with Gasteiger partial charge in [0.1, 0.15) is 17.4 Å². The number of ether oxygens (including phenoxy) is 1. The van der Waals surface area contributed by atoms with Gasteiger partial charge in [0.15, 0.2) is 0 Å². The first-order chi connectivity index (χ1) is 15.4. The molecule has 0 aromatic heterocycles. The van der Waals surface area contributed by atoms with E-state index in [9.17, 15) is 25.0 Å². The van der Waals surface area contributed by atoms with Gasteiger partial charge < -0.3 is 10.1 Å². The van der Waals surface area contributed by atoms with E-state index in [4.69, 9.17) is 4.74 Å². The van der Waals surface area contributed by atoms with Gasteiger partial charge in [-0.25, -0.2) is 4.79 Å². The Kier molecular flexibility index (Phi) is 6.73. The molecule has 0 aliphatic carbocycles. The summed E-state index contributed by atoms with van der Waals surface area (Å²) in [6.07, 6.45) is 1.39. The molecule has 0 bridgehead atoms. The molecule has 0 aliphatic rings. The van der Waals surface area contributed by atoms with Gasteiger partial charge in [-0.2, -0.15) is 5.26 Å². The second-order valence-electron chi connectivity index (χ2n) is 6.70. The standard InChI is InChI=1S/C24H17N3O5/c1-16-13-20(27(30)31)9-12-22(16)26-23(28)19(15-25)14-17-7-10-21(11-8-17)32-24(29)18-5-3-2-4-6-18/h2-14H,1H3,(H,26,28)/b19-14+. The molecular weight excluding hydrogens is 410 g/mol. The molecule has 0 unspecified atom stereocenters. The average Bonchev–Trinajstić information content (AvgIpc) is 2.80. The second-order valence-corrected chi connectivity index (χ2v) is 6.70. The smallest absolute Gasteiger partial charge is 0.343 e. The van der Waals surface area contributed by atoms with E-state index in [-0.39, 0.29) is 11.3 Å². The lowest BCUT2D eigenvalue weighted by Gasteiger charge is -2.08. The highest BCUT2D eigenvalue weighted by atomic mass is 16.6. The first kappa shape index (κ1) is 21.9. The molecule has 8 nitrogen and oxygen atoms in total. The number of non-ortho nitro benzene ring substituents is 1. The van der Waals surface area contributed by atoms with Gasteiger partial charge in [0.25, 0.3) is 11.6 Å². The monoisotopic (exact) mass is 427 g/mol. The van der Waals surface area contributed by atoms with Crippen molar-refractivity contribution in [3.8, 4) is 11.8 Å². The fourth-order valence-electron chi connectivity index (χ4n) is 2.78. The number of hydrogen-bond donors (Lipinski definition) is 1. The minimum absolute atomic E-state index is 0.0930. The Hall–Kier alpha value is -4.77. The van der Waals surface area contributed by atoms with E-state index in [1.807, 2.05) is 6.07 Å². The third kappa shape index (κ3) is 5.43. The lowest BCUT2D eigenvalue weighted by Crippen LogP contribution is -2.14. The molecular formula is C24H17N3O5. The number of rotatable bonds is 6. The average molecular weight is 427 g/mol. The fourth-order valence-corrected chi connectivity index (χ4v) is 2.78. The van der Waals surface area contributed by atoms with Gasteiger partial charge in [-0.3, -0.25) is 14.9 Å². The molecule has 0 radical (unpaired) electrons. The summed E-state index contributed by atoms with van der Waals surface area (Å²) in [5.41, 5.74) is 1.58. The fraction of sp³-hybridized carbons (Fsp3) is 0.0417. The predicted molar refractivity (Wildman–Crippen MR) is 118 cm³/mol. The predicted octanol–water partition coefficient (Wildman–Crippen LogP) is 4.67. The van der Waals surface area contributed by atoms with Crippen LogP contribution in [0.15, 0.2) is 78.4 Å². The van der Waals surface area contributed by atoms with Crippen LogP contribution in [0.1, 0.15) is 21.5 Å². The third-order valence-corrected chi connectivity index (χ3v) is 4.45. The van der Waals surface area contributed by atoms with E-state index in [1.165, 1.54) is 24.3 Å². The van der Waals surface area contributed by atoms with Gasteiger partial charge in [0, 0.05) is 17.8 Å². The molecule has 0 spiro atoms. The molecule has 3 aromatic rings. The number of nitrogens with zero attached hydrogens (tertiary/aromatic N) is 2. The summed E-state index contributed by atoms with van der Waals surface area (Å²) in [6, 6.07) is 20.7. The van der Waals surface area contributed by atoms with Crippen molar-refractivity contribution in [1.29, 1.82) is 5.26 Å². The Morgan fingerprint density at radius 2 is 1.75 bits per heavy atom. The van der Waals surface area contributed by atoms with Crippen molar-refractivity contribution in [3.05, 3.63) is 105 Å². The van der Waals surface area contributed by atoms with E-state index in [2.05, 4.69) is 5.32 Å². The van der Waals surface area contributed by atoms with Gasteiger partial charge in [-0.05, 0) is 54.5 Å². The molecule has 3 aromatic carbocycles. The quantitative estimate of drug-likeness (QED) is 0.152. The van der Waals surface area contributed by atoms with Crippen molar-refractivity contribution in [2.24, 2.45) is 0 Å². The Morgan fingerprint density at radius 3 is 2.34 bits per heavy atom. The largest absolute Gasteiger partial charge is 0.423 e. The number of aryl methyl sites for hydroxylation is 1. The Morgan fingerprint density at radius 1 is 1.06 bits per heavy atom. The molecule has 0 heterocycles. The van der Waals surface area contributed by atoms with Gasteiger partial charge in [-0.15, -0.1) is 0 Å². The summed E-state index contributed by atoms with van der Waals surface area (Å²) in [7, 11) is 0. The number of benzene rings is 3. The van der Waals surface area contributed by atoms with Crippen LogP contribution in [0, 0.1) is 28.4 Å². The number of nitrogens with one attached hydrogen (secondary N) is 1. The number of carbonyl (C=O) groups is 2. The zero-order valence-electron chi connectivity index (χ0n) is 16.9. The lowest BCUT2D eigenvalue weighted by atomic mass is 10.1. The maximum Gasteiger partial charge on any atom is 0.343 e. The van der Waals surface area contributed by atoms with Crippen LogP contribution in [0.3, 0.4) is 0 Å². The number of nitro groups is 1. The van der Waals surface area contributed by atoms with Crippen LogP contribution in [0.4, 0.5) is 11.4 Å². The van der Waals surface area contributed by atoms with E-state index in [0.717, 1.165) is 0 Å². The van der Waals surface area contributed by atoms with Crippen molar-refractivity contribution < 1.29 is 19.2 Å². The number of carbonyl (C=O) groups excluding carboxylic acids is 2. The van der Waals surface area contributed by atoms with Crippen molar-refractivity contribution in [2.75, 3.05) is 5.32 Å². The van der Waals surface area contributed by atoms with Crippen molar-refractivity contribution >= 4 is 29.3 Å². The number of anilines is 1. The first-order valence-electron chi connectivity index (χ1n) is 9.43. The summed E-state index contributed by atoms with van der Waals surface area (Å²) >= 11 is 0. The Labute approximate surface area is 183 Å². The van der Waals surface area contributed by atoms with Crippen LogP contribution in [0.25, 0.3) is 6.08 Å². The molecule has 0 saturated heterocycles. The summed E-state index contributed by atoms with van der Waals surface area (Å²) in [4.78, 5) is 34.9. The summed E-state index contributed by atoms with van der Waals surface area (Å²) in [6.45, 7) is 1.62. The highest BCUT2D eigenvalue weighted by Crippen LogP contribution is 2.22. The Bertz CT molecular complexity index is 1240. The maximum atomic E-state index is 12.5. The molecule has 8 heteroatoms. The van der Waals surface area contributed by atoms with Crippen molar-refractivity contribution in [2.45, 2.75) is 6.92 Å². The lowest BCUT2D eigenvalue weighted by molar-refractivity contribution is -0.384. The molecule has 3 rings (SSSR count). The SMILES string of the molecule is Cc1cc([N+](=O)[O-])ccc1NC(=O)/C(C#N)=C/c1ccc(OC(=O)c2ccccc2)cc1. The number of amides is 1. The molecule has 0 aliphatic heterocycles. The van der Waals surface area contributed by atoms with Crippen molar-refractivity contribution in [3.63, 3.8) is 0 Å². The van der Waals surface area contributed by atoms with E-state index >= 15 is 0 Å². The zero-order valence-corrected chi connectivity index (χ0v) is 16.9. The number of hydrogen-bond acceptors (Lipinski definition) is 6. The van der Waals surface area contributed by atoms with E-state index in [0.29, 0.717) is 28.1 Å². The van der Waals surface area contributed by atoms with Crippen LogP contribution >= 0.6 is 0 Å². The second kappa shape index (κ2) is 9.82. The minimum Gasteiger partial charge on any atom is -0.423 e. The maximum absolute atomic E-state index is 12.5. The third-order valence-electron chi connectivity index (χ3n) is 4.45. The molecule has 0 saturated carbocycles. The van der Waals surface area contributed by atoms with E-state index in [1.54, 1.807) is 61.5 Å². The van der Waals surface area contributed by atoms with Crippen LogP contribution in [0.5, 0.6) is 5.75 Å². The number of nitro benzene ring substituents is 1. The van der Waals surface area contributed by atoms with Gasteiger partial charge in [0.2, 0.25) is 0 Å². The molecule has 0 atom stereocenters. The molecule has 1 amide bonds. The topological polar surface area (TPSA) is 122 Å². The Balaban J connectivity index is 1.70. The highest BCUT2D eigenvalue weighted by molar-refractivity contribution is 6.10. The van der Waals surface area contributed by atoms with Crippen LogP contribution in [-0.4, -0.2) is 16.8 Å². The van der Waals surface area contributed by atoms with Crippen LogP contribution in [-0.2, 0) is 4.79 Å². The molecule has 1 N–H and O–H groups in total. The first-order valence-corrected chi connectivity index (χ1v) is 9.43. The summed E-state index contributed by atoms with van der Waals surface area (Å²) in [5, 5.41) is 22.8. The molecule has 158 valence electrons. The van der Waals surface area contributed by atoms with Gasteiger partial charge >= 0.3 is 5.97 Å². The zero-order chi connectivity index (χ0) is 23.1. The molecule has 0 fully saturated rings. The summed E-state index contributed by atoms with van der Waals surface area (Å²) in [5.74, 6) is -0.825. The highest BCUT2D eigenvalue weighted by Gasteiger charge is 2.14. The minimum atomic E-state index is -0.649. The van der Waals surface area contributed by atoms with E-state index < -0.39 is 16.8 Å². The van der Waals surface area contributed by atoms with Gasteiger partial charge in [0.05, 0.1) is 10.5 Å². The van der Waals surface area contributed by atoms with Crippen LogP contribution < -0.4 is 10.1 Å².